The van der Waals surface area contributed by atoms with Crippen molar-refractivity contribution in [1.82, 2.24) is 14.8 Å². The average Bonchev–Trinajstić information content (AvgIpc) is 3.39. The second-order valence-corrected chi connectivity index (χ2v) is 9.54. The minimum Gasteiger partial charge on any atom is -0.444 e. The highest BCUT2D eigenvalue weighted by Gasteiger charge is 2.24. The zero-order chi connectivity index (χ0) is 21.4. The molecule has 0 N–H and O–H groups in total. The highest BCUT2D eigenvalue weighted by atomic mass is 16.3. The van der Waals surface area contributed by atoms with Gasteiger partial charge in [-0.1, -0.05) is 58.9 Å². The van der Waals surface area contributed by atoms with Gasteiger partial charge in [0.05, 0.1) is 11.4 Å². The van der Waals surface area contributed by atoms with E-state index >= 15 is 0 Å². The number of benzene rings is 2. The summed E-state index contributed by atoms with van der Waals surface area (Å²) in [5.74, 6) is 0.678. The number of aromatic nitrogens is 3. The summed E-state index contributed by atoms with van der Waals surface area (Å²) in [5, 5.41) is 4.34. The van der Waals surface area contributed by atoms with Crippen LogP contribution in [0.25, 0.3) is 17.1 Å². The molecule has 0 aliphatic rings. The summed E-state index contributed by atoms with van der Waals surface area (Å²) in [6.07, 6.45) is 6.33. The lowest BCUT2D eigenvalue weighted by molar-refractivity contribution is 0.510. The summed E-state index contributed by atoms with van der Waals surface area (Å²) in [5.41, 5.74) is 5.56. The molecule has 0 aliphatic carbocycles. The fourth-order valence-electron chi connectivity index (χ4n) is 3.69. The summed E-state index contributed by atoms with van der Waals surface area (Å²) in [6, 6.07) is 18.9. The Hall–Kier alpha value is -3.14. The molecule has 0 spiro atoms. The Kier molecular flexibility index (Phi) is 5.10. The Labute approximate surface area is 178 Å². The molecule has 0 saturated heterocycles. The number of oxazole rings is 1. The van der Waals surface area contributed by atoms with E-state index < -0.39 is 0 Å². The van der Waals surface area contributed by atoms with Crippen molar-refractivity contribution in [3.05, 3.63) is 90.1 Å². The molecule has 4 aromatic rings. The highest BCUT2D eigenvalue weighted by molar-refractivity contribution is 5.55. The van der Waals surface area contributed by atoms with Gasteiger partial charge < -0.3 is 4.42 Å². The fraction of sp³-hybridized carbons (Fsp3) is 0.308. The largest absolute Gasteiger partial charge is 0.444 e. The van der Waals surface area contributed by atoms with Gasteiger partial charge >= 0.3 is 0 Å². The lowest BCUT2D eigenvalue weighted by atomic mass is 9.80. The van der Waals surface area contributed by atoms with E-state index in [4.69, 9.17) is 9.40 Å². The molecule has 2 aromatic heterocycles. The summed E-state index contributed by atoms with van der Waals surface area (Å²) < 4.78 is 7.74. The number of nitrogens with zero attached hydrogens (tertiary/aromatic N) is 3. The first kappa shape index (κ1) is 20.1. The average molecular weight is 400 g/mol. The van der Waals surface area contributed by atoms with Gasteiger partial charge in [-0.15, -0.1) is 0 Å². The van der Waals surface area contributed by atoms with Gasteiger partial charge in [0, 0.05) is 24.4 Å². The maximum absolute atomic E-state index is 5.86. The van der Waals surface area contributed by atoms with E-state index in [9.17, 15) is 0 Å². The van der Waals surface area contributed by atoms with Crippen LogP contribution in [0.1, 0.15) is 51.4 Å². The van der Waals surface area contributed by atoms with Crippen LogP contribution in [-0.2, 0) is 17.3 Å². The lowest BCUT2D eigenvalue weighted by Gasteiger charge is -2.24. The Balaban J connectivity index is 1.57. The van der Waals surface area contributed by atoms with Gasteiger partial charge in [0.15, 0.2) is 0 Å². The van der Waals surface area contributed by atoms with Gasteiger partial charge in [0.2, 0.25) is 5.89 Å². The second kappa shape index (κ2) is 7.60. The minimum atomic E-state index is -0.0927. The van der Waals surface area contributed by atoms with Crippen LogP contribution in [0.3, 0.4) is 0 Å². The molecule has 4 rings (SSSR count). The molecule has 4 heteroatoms. The minimum absolute atomic E-state index is 0.0903. The van der Waals surface area contributed by atoms with E-state index in [1.807, 2.05) is 16.9 Å². The van der Waals surface area contributed by atoms with Crippen LogP contribution in [0, 0.1) is 0 Å². The third-order valence-electron chi connectivity index (χ3n) is 5.55. The monoisotopic (exact) mass is 399 g/mol. The van der Waals surface area contributed by atoms with Gasteiger partial charge in [-0.05, 0) is 52.3 Å². The van der Waals surface area contributed by atoms with Crippen LogP contribution in [0.4, 0.5) is 0 Å². The predicted molar refractivity (Wildman–Crippen MR) is 121 cm³/mol. The van der Waals surface area contributed by atoms with E-state index in [-0.39, 0.29) is 10.8 Å². The van der Waals surface area contributed by atoms with Crippen molar-refractivity contribution in [3.63, 3.8) is 0 Å². The summed E-state index contributed by atoms with van der Waals surface area (Å²) in [7, 11) is 0. The predicted octanol–water partition coefficient (Wildman–Crippen LogP) is 6.35. The molecule has 0 bridgehead atoms. The van der Waals surface area contributed by atoms with Crippen LogP contribution >= 0.6 is 0 Å². The summed E-state index contributed by atoms with van der Waals surface area (Å²) in [4.78, 5) is 4.80. The first-order valence-corrected chi connectivity index (χ1v) is 10.4. The van der Waals surface area contributed by atoms with Crippen molar-refractivity contribution >= 4 is 0 Å². The number of rotatable bonds is 5. The third-order valence-corrected chi connectivity index (χ3v) is 5.55. The van der Waals surface area contributed by atoms with E-state index in [1.54, 1.807) is 12.5 Å². The lowest BCUT2D eigenvalue weighted by Crippen LogP contribution is -2.21. The van der Waals surface area contributed by atoms with Crippen molar-refractivity contribution in [1.29, 1.82) is 0 Å². The maximum atomic E-state index is 5.86. The number of hydrogen-bond acceptors (Lipinski definition) is 3. The van der Waals surface area contributed by atoms with Crippen molar-refractivity contribution in [2.75, 3.05) is 0 Å². The molecular weight excluding hydrogens is 370 g/mol. The van der Waals surface area contributed by atoms with Crippen LogP contribution < -0.4 is 0 Å². The van der Waals surface area contributed by atoms with Gasteiger partial charge in [0.1, 0.15) is 6.26 Å². The maximum Gasteiger partial charge on any atom is 0.226 e. The van der Waals surface area contributed by atoms with Gasteiger partial charge in [-0.25, -0.2) is 9.67 Å². The molecular formula is C26H29N3O. The van der Waals surface area contributed by atoms with Gasteiger partial charge in [-0.2, -0.15) is 5.10 Å². The Morgan fingerprint density at radius 2 is 1.67 bits per heavy atom. The van der Waals surface area contributed by atoms with Crippen LogP contribution in [-0.4, -0.2) is 14.8 Å². The first-order chi connectivity index (χ1) is 14.2. The van der Waals surface area contributed by atoms with E-state index in [2.05, 4.69) is 88.2 Å². The number of hydrogen-bond donors (Lipinski definition) is 0. The van der Waals surface area contributed by atoms with Crippen LogP contribution in [0.15, 0.2) is 77.7 Å². The van der Waals surface area contributed by atoms with Gasteiger partial charge in [-0.3, -0.25) is 0 Å². The highest BCUT2D eigenvalue weighted by Crippen LogP contribution is 2.31. The zero-order valence-corrected chi connectivity index (χ0v) is 18.4. The topological polar surface area (TPSA) is 43.9 Å². The van der Waals surface area contributed by atoms with Crippen molar-refractivity contribution in [2.24, 2.45) is 0 Å². The Morgan fingerprint density at radius 1 is 0.900 bits per heavy atom. The van der Waals surface area contributed by atoms with Crippen LogP contribution in [0.2, 0.25) is 0 Å². The molecule has 0 amide bonds. The molecule has 2 heterocycles. The molecule has 0 radical (unpaired) electrons. The Bertz CT molecular complexity index is 1130. The molecule has 4 nitrogen and oxygen atoms in total. The molecule has 0 atom stereocenters. The summed E-state index contributed by atoms with van der Waals surface area (Å²) in [6.45, 7) is 11.1. The van der Waals surface area contributed by atoms with Crippen molar-refractivity contribution in [3.8, 4) is 17.1 Å². The molecule has 154 valence electrons. The smallest absolute Gasteiger partial charge is 0.226 e. The van der Waals surface area contributed by atoms with Crippen molar-refractivity contribution < 1.29 is 4.42 Å². The standard InChI is InChI=1S/C26H29N3O/c1-25(2,3)20-10-6-9-19(15-20)24-28-22(18-30-24)17-26(4,5)21-11-7-12-23(16-21)29-14-8-13-27-29/h6-16,18H,17H2,1-5H3. The Morgan fingerprint density at radius 3 is 2.40 bits per heavy atom. The van der Waals surface area contributed by atoms with Crippen LogP contribution in [0.5, 0.6) is 0 Å². The normalized spacial score (nSPS) is 12.3. The first-order valence-electron chi connectivity index (χ1n) is 10.4. The van der Waals surface area contributed by atoms with Gasteiger partial charge in [0.25, 0.3) is 0 Å². The van der Waals surface area contributed by atoms with E-state index in [0.717, 1.165) is 23.4 Å². The molecule has 0 saturated carbocycles. The molecule has 0 aliphatic heterocycles. The quantitative estimate of drug-likeness (QED) is 0.393. The molecule has 0 fully saturated rings. The van der Waals surface area contributed by atoms with E-state index in [0.29, 0.717) is 5.89 Å². The molecule has 30 heavy (non-hydrogen) atoms. The fourth-order valence-corrected chi connectivity index (χ4v) is 3.69. The molecule has 0 unspecified atom stereocenters. The van der Waals surface area contributed by atoms with E-state index in [1.165, 1.54) is 11.1 Å². The van der Waals surface area contributed by atoms with Crippen molar-refractivity contribution in [2.45, 2.75) is 51.9 Å². The molecule has 2 aromatic carbocycles. The second-order valence-electron chi connectivity index (χ2n) is 9.54. The summed E-state index contributed by atoms with van der Waals surface area (Å²) >= 11 is 0. The third kappa shape index (κ3) is 4.23. The SMILES string of the molecule is CC(C)(C)c1cccc(-c2nc(CC(C)(C)c3cccc(-n4cccn4)c3)co2)c1. The zero-order valence-electron chi connectivity index (χ0n) is 18.4.